The lowest BCUT2D eigenvalue weighted by atomic mass is 9.99. The van der Waals surface area contributed by atoms with Gasteiger partial charge < -0.3 is 4.90 Å². The van der Waals surface area contributed by atoms with Crippen LogP contribution in [0.5, 0.6) is 0 Å². The average Bonchev–Trinajstić information content (AvgIpc) is 2.53. The predicted octanol–water partition coefficient (Wildman–Crippen LogP) is 3.10. The highest BCUT2D eigenvalue weighted by Crippen LogP contribution is 2.32. The second kappa shape index (κ2) is 7.47. The topological polar surface area (TPSA) is 87.2 Å². The molecule has 0 bridgehead atoms. The van der Waals surface area contributed by atoms with Crippen LogP contribution in [0.1, 0.15) is 12.8 Å². The molecule has 116 valence electrons. The van der Waals surface area contributed by atoms with Crippen LogP contribution in [0.3, 0.4) is 0 Å². The lowest BCUT2D eigenvalue weighted by Gasteiger charge is -2.29. The van der Waals surface area contributed by atoms with E-state index >= 15 is 0 Å². The summed E-state index contributed by atoms with van der Waals surface area (Å²) < 4.78 is 0. The predicted molar refractivity (Wildman–Crippen MR) is 83.7 cm³/mol. The van der Waals surface area contributed by atoms with Crippen LogP contribution in [0, 0.1) is 27.4 Å². The van der Waals surface area contributed by atoms with Crippen molar-refractivity contribution in [2.45, 2.75) is 17.7 Å². The molecule has 1 fully saturated rings. The maximum Gasteiger partial charge on any atom is 0.284 e. The maximum absolute atomic E-state index is 12.1. The Labute approximate surface area is 137 Å². The zero-order valence-corrected chi connectivity index (χ0v) is 13.3. The number of nitriles is 1. The molecule has 6 nitrogen and oxygen atoms in total. The molecule has 0 unspecified atom stereocenters. The molecule has 22 heavy (non-hydrogen) atoms. The molecule has 0 aliphatic carbocycles. The molecule has 1 aliphatic rings. The third kappa shape index (κ3) is 4.12. The second-order valence-electron chi connectivity index (χ2n) is 4.94. The fourth-order valence-corrected chi connectivity index (χ4v) is 3.32. The number of hydrogen-bond acceptors (Lipinski definition) is 5. The molecule has 2 rings (SSSR count). The van der Waals surface area contributed by atoms with Crippen molar-refractivity contribution < 1.29 is 9.72 Å². The Morgan fingerprint density at radius 2 is 2.18 bits per heavy atom. The minimum Gasteiger partial charge on any atom is -0.342 e. The largest absolute Gasteiger partial charge is 0.342 e. The molecule has 0 saturated carbocycles. The lowest BCUT2D eigenvalue weighted by Crippen LogP contribution is -2.39. The average molecular weight is 340 g/mol. The Kier molecular flexibility index (Phi) is 5.63. The summed E-state index contributed by atoms with van der Waals surface area (Å²) in [5.41, 5.74) is -0.0894. The number of nitrogens with zero attached hydrogens (tertiary/aromatic N) is 3. The van der Waals surface area contributed by atoms with E-state index in [2.05, 4.69) is 6.07 Å². The highest BCUT2D eigenvalue weighted by Gasteiger charge is 2.23. The number of likely N-dealkylation sites (tertiary alicyclic amines) is 1. The number of carbonyl (C=O) groups is 1. The number of hydrogen-bond donors (Lipinski definition) is 0. The summed E-state index contributed by atoms with van der Waals surface area (Å²) in [6, 6.07) is 6.63. The van der Waals surface area contributed by atoms with Crippen LogP contribution in [-0.2, 0) is 4.79 Å². The molecular formula is C14H14ClN3O3S. The normalized spacial score (nSPS) is 15.4. The second-order valence-corrected chi connectivity index (χ2v) is 6.40. The molecule has 0 atom stereocenters. The zero-order valence-electron chi connectivity index (χ0n) is 11.7. The number of thioether (sulfide) groups is 1. The molecule has 1 amide bonds. The van der Waals surface area contributed by atoms with E-state index in [1.165, 1.54) is 6.07 Å². The van der Waals surface area contributed by atoms with E-state index in [1.807, 2.05) is 0 Å². The van der Waals surface area contributed by atoms with E-state index in [4.69, 9.17) is 16.9 Å². The van der Waals surface area contributed by atoms with Crippen molar-refractivity contribution in [2.24, 2.45) is 5.92 Å². The first kappa shape index (κ1) is 16.6. The minimum atomic E-state index is -0.503. The van der Waals surface area contributed by atoms with E-state index in [1.54, 1.807) is 17.0 Å². The summed E-state index contributed by atoms with van der Waals surface area (Å²) in [6.07, 6.45) is 1.38. The van der Waals surface area contributed by atoms with Gasteiger partial charge in [-0.2, -0.15) is 5.26 Å². The van der Waals surface area contributed by atoms with E-state index in [0.717, 1.165) is 11.8 Å². The fraction of sp³-hybridized carbons (Fsp3) is 0.429. The van der Waals surface area contributed by atoms with Crippen LogP contribution in [0.2, 0.25) is 5.02 Å². The summed E-state index contributed by atoms with van der Waals surface area (Å²) in [5.74, 6) is 0.0966. The number of amides is 1. The molecule has 8 heteroatoms. The minimum absolute atomic E-state index is 0.0223. The van der Waals surface area contributed by atoms with E-state index in [-0.39, 0.29) is 23.3 Å². The number of piperidine rings is 1. The number of halogens is 1. The molecule has 0 aromatic heterocycles. The van der Waals surface area contributed by atoms with Gasteiger partial charge in [0.2, 0.25) is 5.91 Å². The number of rotatable bonds is 4. The summed E-state index contributed by atoms with van der Waals surface area (Å²) in [7, 11) is 0. The van der Waals surface area contributed by atoms with Crippen LogP contribution in [-0.4, -0.2) is 34.6 Å². The maximum atomic E-state index is 12.1. The van der Waals surface area contributed by atoms with Crippen LogP contribution in [0.15, 0.2) is 23.1 Å². The van der Waals surface area contributed by atoms with Crippen LogP contribution in [0.4, 0.5) is 5.69 Å². The smallest absolute Gasteiger partial charge is 0.284 e. The molecule has 1 aliphatic heterocycles. The van der Waals surface area contributed by atoms with Gasteiger partial charge in [0.05, 0.1) is 21.6 Å². The van der Waals surface area contributed by atoms with E-state index in [0.29, 0.717) is 35.8 Å². The SMILES string of the molecule is N#CC1CCN(C(=O)CSc2ccc(Cl)cc2[N+](=O)[O-])CC1. The third-order valence-corrected chi connectivity index (χ3v) is 4.78. The molecule has 0 spiro atoms. The highest BCUT2D eigenvalue weighted by atomic mass is 35.5. The number of nitro benzene ring substituents is 1. The zero-order chi connectivity index (χ0) is 16.1. The van der Waals surface area contributed by atoms with Crippen molar-refractivity contribution in [1.82, 2.24) is 4.90 Å². The molecule has 1 aromatic carbocycles. The first-order valence-corrected chi connectivity index (χ1v) is 8.11. The fourth-order valence-electron chi connectivity index (χ4n) is 2.24. The first-order chi connectivity index (χ1) is 10.5. The molecular weight excluding hydrogens is 326 g/mol. The lowest BCUT2D eigenvalue weighted by molar-refractivity contribution is -0.387. The quantitative estimate of drug-likeness (QED) is 0.478. The Bertz CT molecular complexity index is 624. The number of benzene rings is 1. The Morgan fingerprint density at radius 3 is 2.77 bits per heavy atom. The van der Waals surface area contributed by atoms with Gasteiger partial charge in [0, 0.05) is 30.1 Å². The van der Waals surface area contributed by atoms with E-state index < -0.39 is 4.92 Å². The summed E-state index contributed by atoms with van der Waals surface area (Å²) >= 11 is 6.89. The van der Waals surface area contributed by atoms with Gasteiger partial charge in [-0.25, -0.2) is 0 Å². The summed E-state index contributed by atoms with van der Waals surface area (Å²) in [6.45, 7) is 1.14. The molecule has 0 radical (unpaired) electrons. The highest BCUT2D eigenvalue weighted by molar-refractivity contribution is 8.00. The third-order valence-electron chi connectivity index (χ3n) is 3.50. The van der Waals surface area contributed by atoms with Crippen molar-refractivity contribution in [3.63, 3.8) is 0 Å². The molecule has 0 N–H and O–H groups in total. The number of carbonyl (C=O) groups excluding carboxylic acids is 1. The van der Waals surface area contributed by atoms with Crippen LogP contribution >= 0.6 is 23.4 Å². The van der Waals surface area contributed by atoms with Gasteiger partial charge in [-0.05, 0) is 25.0 Å². The standard InChI is InChI=1S/C14H14ClN3O3S/c15-11-1-2-13(12(7-11)18(20)21)22-9-14(19)17-5-3-10(8-16)4-6-17/h1-2,7,10H,3-6,9H2. The van der Waals surface area contributed by atoms with Crippen molar-refractivity contribution in [1.29, 1.82) is 5.26 Å². The summed E-state index contributed by atoms with van der Waals surface area (Å²) in [5, 5.41) is 20.1. The molecule has 1 heterocycles. The van der Waals surface area contributed by atoms with Gasteiger partial charge in [0.15, 0.2) is 0 Å². The monoisotopic (exact) mass is 339 g/mol. The van der Waals surface area contributed by atoms with Gasteiger partial charge in [0.25, 0.3) is 5.69 Å². The molecule has 1 aromatic rings. The van der Waals surface area contributed by atoms with Gasteiger partial charge in [-0.15, -0.1) is 11.8 Å². The van der Waals surface area contributed by atoms with Gasteiger partial charge in [-0.3, -0.25) is 14.9 Å². The van der Waals surface area contributed by atoms with Crippen molar-refractivity contribution in [2.75, 3.05) is 18.8 Å². The summed E-state index contributed by atoms with van der Waals surface area (Å²) in [4.78, 5) is 24.8. The van der Waals surface area contributed by atoms with E-state index in [9.17, 15) is 14.9 Å². The van der Waals surface area contributed by atoms with Gasteiger partial charge in [-0.1, -0.05) is 11.6 Å². The van der Waals surface area contributed by atoms with Crippen molar-refractivity contribution in [3.05, 3.63) is 33.3 Å². The first-order valence-electron chi connectivity index (χ1n) is 6.75. The van der Waals surface area contributed by atoms with Crippen molar-refractivity contribution in [3.8, 4) is 6.07 Å². The van der Waals surface area contributed by atoms with Crippen molar-refractivity contribution >= 4 is 35.0 Å². The van der Waals surface area contributed by atoms with Gasteiger partial charge >= 0.3 is 0 Å². The Morgan fingerprint density at radius 1 is 1.50 bits per heavy atom. The molecule has 1 saturated heterocycles. The number of nitro groups is 1. The Balaban J connectivity index is 1.95. The van der Waals surface area contributed by atoms with Crippen LogP contribution in [0.25, 0.3) is 0 Å². The van der Waals surface area contributed by atoms with Gasteiger partial charge in [0.1, 0.15) is 0 Å². The Hall–Kier alpha value is -1.78. The van der Waals surface area contributed by atoms with Crippen LogP contribution < -0.4 is 0 Å².